The van der Waals surface area contributed by atoms with Crippen molar-refractivity contribution < 1.29 is 19.8 Å². The van der Waals surface area contributed by atoms with E-state index in [2.05, 4.69) is 10.6 Å². The number of aliphatic hydroxyl groups excluding tert-OH is 1. The van der Waals surface area contributed by atoms with Gasteiger partial charge in [0.05, 0.1) is 0 Å². The molecule has 0 saturated carbocycles. The first-order valence-corrected chi connectivity index (χ1v) is 6.64. The van der Waals surface area contributed by atoms with Gasteiger partial charge in [-0.25, -0.2) is 4.79 Å². The molecule has 1 aliphatic heterocycles. The number of fused-ring (bicyclic) bond motifs is 1. The third-order valence-electron chi connectivity index (χ3n) is 3.29. The van der Waals surface area contributed by atoms with E-state index in [0.29, 0.717) is 5.56 Å². The Morgan fingerprint density at radius 2 is 2.20 bits per heavy atom. The van der Waals surface area contributed by atoms with Gasteiger partial charge in [0.2, 0.25) is 0 Å². The van der Waals surface area contributed by atoms with Gasteiger partial charge in [-0.1, -0.05) is 0 Å². The molecule has 1 heterocycles. The fraction of sp³-hybridized carbons (Fsp3) is 0.429. The fourth-order valence-corrected chi connectivity index (χ4v) is 2.16. The van der Waals surface area contributed by atoms with E-state index in [1.165, 1.54) is 0 Å². The fourth-order valence-electron chi connectivity index (χ4n) is 2.16. The van der Waals surface area contributed by atoms with Gasteiger partial charge in [0.15, 0.2) is 6.10 Å². The van der Waals surface area contributed by atoms with Crippen molar-refractivity contribution >= 4 is 17.6 Å². The second-order valence-corrected chi connectivity index (χ2v) is 4.80. The molecule has 0 spiro atoms. The van der Waals surface area contributed by atoms with Crippen LogP contribution in [0.5, 0.6) is 0 Å². The van der Waals surface area contributed by atoms with Crippen molar-refractivity contribution in [3.8, 4) is 0 Å². The maximum atomic E-state index is 11.9. The highest BCUT2D eigenvalue weighted by atomic mass is 16.4. The van der Waals surface area contributed by atoms with Gasteiger partial charge in [-0.05, 0) is 36.6 Å². The molecule has 1 aromatic rings. The van der Waals surface area contributed by atoms with E-state index in [1.54, 1.807) is 6.07 Å². The number of benzene rings is 1. The number of aliphatic carboxylic acids is 1. The molecule has 0 fully saturated rings. The molecule has 1 atom stereocenters. The van der Waals surface area contributed by atoms with Crippen LogP contribution >= 0.6 is 0 Å². The number of amides is 1. The highest BCUT2D eigenvalue weighted by Gasteiger charge is 2.15. The Hall–Kier alpha value is -2.08. The molecule has 108 valence electrons. The molecule has 0 bridgehead atoms. The minimum atomic E-state index is -1.44. The smallest absolute Gasteiger partial charge is 0.332 e. The molecule has 6 heteroatoms. The second-order valence-electron chi connectivity index (χ2n) is 4.80. The summed E-state index contributed by atoms with van der Waals surface area (Å²) in [5.41, 5.74) is 2.74. The Labute approximate surface area is 116 Å². The van der Waals surface area contributed by atoms with Gasteiger partial charge in [-0.15, -0.1) is 0 Å². The molecule has 0 radical (unpaired) electrons. The van der Waals surface area contributed by atoms with Crippen LogP contribution in [0.15, 0.2) is 18.2 Å². The average Bonchev–Trinajstić information content (AvgIpc) is 2.46. The van der Waals surface area contributed by atoms with Gasteiger partial charge in [0, 0.05) is 30.8 Å². The molecule has 0 unspecified atom stereocenters. The van der Waals surface area contributed by atoms with Gasteiger partial charge < -0.3 is 20.8 Å². The molecule has 4 N–H and O–H groups in total. The first-order chi connectivity index (χ1) is 9.58. The molecule has 2 rings (SSSR count). The molecule has 0 aliphatic carbocycles. The normalized spacial score (nSPS) is 14.8. The summed E-state index contributed by atoms with van der Waals surface area (Å²) in [4.78, 5) is 22.4. The monoisotopic (exact) mass is 278 g/mol. The van der Waals surface area contributed by atoms with E-state index in [0.717, 1.165) is 30.6 Å². The lowest BCUT2D eigenvalue weighted by molar-refractivity contribution is -0.146. The molecule has 6 nitrogen and oxygen atoms in total. The molecule has 1 aliphatic rings. The van der Waals surface area contributed by atoms with Gasteiger partial charge in [-0.2, -0.15) is 0 Å². The summed E-state index contributed by atoms with van der Waals surface area (Å²) in [6, 6.07) is 5.47. The number of aryl methyl sites for hydroxylation is 1. The van der Waals surface area contributed by atoms with Crippen LogP contribution in [0.2, 0.25) is 0 Å². The number of carbonyl (C=O) groups excluding carboxylic acids is 1. The van der Waals surface area contributed by atoms with E-state index < -0.39 is 12.1 Å². The zero-order valence-corrected chi connectivity index (χ0v) is 11.1. The highest BCUT2D eigenvalue weighted by Crippen LogP contribution is 2.22. The van der Waals surface area contributed by atoms with Crippen molar-refractivity contribution in [2.75, 3.05) is 18.4 Å². The summed E-state index contributed by atoms with van der Waals surface area (Å²) in [6.45, 7) is 1.08. The molecule has 1 amide bonds. The minimum absolute atomic E-state index is 0.00638. The van der Waals surface area contributed by atoms with Crippen molar-refractivity contribution in [2.24, 2.45) is 0 Å². The lowest BCUT2D eigenvalue weighted by Crippen LogP contribution is -2.30. The zero-order chi connectivity index (χ0) is 14.5. The molecule has 0 saturated heterocycles. The number of nitrogens with one attached hydrogen (secondary N) is 2. The third kappa shape index (κ3) is 3.48. The third-order valence-corrected chi connectivity index (χ3v) is 3.29. The van der Waals surface area contributed by atoms with Crippen molar-refractivity contribution in [1.29, 1.82) is 0 Å². The van der Waals surface area contributed by atoms with Crippen molar-refractivity contribution in [3.63, 3.8) is 0 Å². The number of carbonyl (C=O) groups is 2. The lowest BCUT2D eigenvalue weighted by Gasteiger charge is -2.18. The quantitative estimate of drug-likeness (QED) is 0.632. The van der Waals surface area contributed by atoms with Crippen molar-refractivity contribution in [3.05, 3.63) is 29.3 Å². The van der Waals surface area contributed by atoms with Crippen LogP contribution in [0.3, 0.4) is 0 Å². The summed E-state index contributed by atoms with van der Waals surface area (Å²) in [5.74, 6) is -1.53. The SMILES string of the molecule is O=C(NCC[C@H](O)C(=O)O)c1ccc2c(c1)CCCN2. The Balaban J connectivity index is 1.91. The zero-order valence-electron chi connectivity index (χ0n) is 11.1. The molecule has 20 heavy (non-hydrogen) atoms. The Morgan fingerprint density at radius 1 is 1.40 bits per heavy atom. The summed E-state index contributed by atoms with van der Waals surface area (Å²) < 4.78 is 0. The Morgan fingerprint density at radius 3 is 2.95 bits per heavy atom. The van der Waals surface area contributed by atoms with Crippen LogP contribution in [-0.4, -0.2) is 41.3 Å². The minimum Gasteiger partial charge on any atom is -0.479 e. The molecule has 0 aromatic heterocycles. The van der Waals surface area contributed by atoms with E-state index in [-0.39, 0.29) is 18.9 Å². The van der Waals surface area contributed by atoms with Crippen molar-refractivity contribution in [1.82, 2.24) is 5.32 Å². The lowest BCUT2D eigenvalue weighted by atomic mass is 10.0. The summed E-state index contributed by atoms with van der Waals surface area (Å²) in [6.07, 6.45) is 0.542. The molecule has 1 aromatic carbocycles. The van der Waals surface area contributed by atoms with Crippen LogP contribution in [0.25, 0.3) is 0 Å². The summed E-state index contributed by atoms with van der Waals surface area (Å²) >= 11 is 0. The average molecular weight is 278 g/mol. The number of anilines is 1. The Bertz CT molecular complexity index is 516. The van der Waals surface area contributed by atoms with Crippen LogP contribution in [0.4, 0.5) is 5.69 Å². The number of rotatable bonds is 5. The van der Waals surface area contributed by atoms with E-state index in [4.69, 9.17) is 10.2 Å². The number of hydrogen-bond donors (Lipinski definition) is 4. The van der Waals surface area contributed by atoms with Crippen LogP contribution in [-0.2, 0) is 11.2 Å². The molecular formula is C14H18N2O4. The highest BCUT2D eigenvalue weighted by molar-refractivity contribution is 5.95. The van der Waals surface area contributed by atoms with Crippen LogP contribution in [0.1, 0.15) is 28.8 Å². The van der Waals surface area contributed by atoms with E-state index in [9.17, 15) is 9.59 Å². The van der Waals surface area contributed by atoms with E-state index in [1.807, 2.05) is 12.1 Å². The predicted molar refractivity (Wildman–Crippen MR) is 73.8 cm³/mol. The summed E-state index contributed by atoms with van der Waals surface area (Å²) in [7, 11) is 0. The first-order valence-electron chi connectivity index (χ1n) is 6.64. The number of carboxylic acids is 1. The Kier molecular flexibility index (Phi) is 4.57. The molecular weight excluding hydrogens is 260 g/mol. The maximum Gasteiger partial charge on any atom is 0.332 e. The standard InChI is InChI=1S/C14H18N2O4/c17-12(14(19)20)5-7-16-13(18)10-3-4-11-9(8-10)2-1-6-15-11/h3-4,8,12,15,17H,1-2,5-7H2,(H,16,18)(H,19,20)/t12-/m0/s1. The topological polar surface area (TPSA) is 98.7 Å². The second kappa shape index (κ2) is 6.38. The number of carboxylic acid groups (broad SMARTS) is 1. The van der Waals surface area contributed by atoms with Gasteiger partial charge >= 0.3 is 5.97 Å². The predicted octanol–water partition coefficient (Wildman–Crippen LogP) is 0.610. The number of aliphatic hydroxyl groups is 1. The van der Waals surface area contributed by atoms with Gasteiger partial charge in [0.1, 0.15) is 0 Å². The van der Waals surface area contributed by atoms with Crippen molar-refractivity contribution in [2.45, 2.75) is 25.4 Å². The first kappa shape index (κ1) is 14.3. The van der Waals surface area contributed by atoms with Crippen LogP contribution in [0, 0.1) is 0 Å². The van der Waals surface area contributed by atoms with Gasteiger partial charge in [-0.3, -0.25) is 4.79 Å². The largest absolute Gasteiger partial charge is 0.479 e. The van der Waals surface area contributed by atoms with Crippen LogP contribution < -0.4 is 10.6 Å². The van der Waals surface area contributed by atoms with E-state index >= 15 is 0 Å². The maximum absolute atomic E-state index is 11.9. The van der Waals surface area contributed by atoms with Gasteiger partial charge in [0.25, 0.3) is 5.91 Å². The number of hydrogen-bond acceptors (Lipinski definition) is 4. The summed E-state index contributed by atoms with van der Waals surface area (Å²) in [5, 5.41) is 23.5.